The zero-order valence-electron chi connectivity index (χ0n) is 12.8. The highest BCUT2D eigenvalue weighted by atomic mass is 19.4. The SMILES string of the molecule is C=CCOCC1Cc2c(nc(N)c(C#N)c2N)O1.O=C(O)C(F)(F)F. The first-order chi connectivity index (χ1) is 11.6. The number of nitrogens with two attached hydrogens (primary N) is 2. The van der Waals surface area contributed by atoms with Crippen LogP contribution in [-0.4, -0.2) is 41.6 Å². The molecule has 0 radical (unpaired) electrons. The van der Waals surface area contributed by atoms with E-state index in [0.29, 0.717) is 31.2 Å². The standard InChI is InChI=1S/C12H14N4O2.C2HF3O2/c1-2-3-17-6-7-4-8-10(14)9(5-13)11(15)16-12(8)18-7;3-2(4,5)1(6)7/h2,7H,1,3-4,6H2,(H4,14,15,16);(H,6,7). The van der Waals surface area contributed by atoms with E-state index in [4.69, 9.17) is 36.1 Å². The Labute approximate surface area is 140 Å². The normalized spacial score (nSPS) is 15.2. The number of pyridine rings is 1. The van der Waals surface area contributed by atoms with Crippen LogP contribution in [-0.2, 0) is 16.0 Å². The summed E-state index contributed by atoms with van der Waals surface area (Å²) < 4.78 is 42.6. The molecule has 5 N–H and O–H groups in total. The largest absolute Gasteiger partial charge is 0.490 e. The number of carbonyl (C=O) groups is 1. The number of hydrogen-bond acceptors (Lipinski definition) is 7. The van der Waals surface area contributed by atoms with Gasteiger partial charge in [0, 0.05) is 12.0 Å². The van der Waals surface area contributed by atoms with Gasteiger partial charge in [0.25, 0.3) is 0 Å². The van der Waals surface area contributed by atoms with E-state index in [1.807, 2.05) is 6.07 Å². The van der Waals surface area contributed by atoms with Crippen LogP contribution in [0, 0.1) is 11.3 Å². The summed E-state index contributed by atoms with van der Waals surface area (Å²) in [7, 11) is 0. The van der Waals surface area contributed by atoms with Gasteiger partial charge in [0.1, 0.15) is 23.6 Å². The fourth-order valence-electron chi connectivity index (χ4n) is 1.85. The molecule has 1 unspecified atom stereocenters. The van der Waals surface area contributed by atoms with Crippen molar-refractivity contribution in [3.63, 3.8) is 0 Å². The van der Waals surface area contributed by atoms with Crippen LogP contribution < -0.4 is 16.2 Å². The molecule has 0 amide bonds. The molecular formula is C14H15F3N4O4. The molecule has 0 spiro atoms. The molecule has 0 fully saturated rings. The Morgan fingerprint density at radius 2 is 2.16 bits per heavy atom. The fourth-order valence-corrected chi connectivity index (χ4v) is 1.85. The Morgan fingerprint density at radius 3 is 2.64 bits per heavy atom. The minimum Gasteiger partial charge on any atom is -0.475 e. The average Bonchev–Trinajstić information content (AvgIpc) is 2.90. The molecule has 0 aromatic carbocycles. The molecule has 136 valence electrons. The second-order valence-electron chi connectivity index (χ2n) is 4.75. The van der Waals surface area contributed by atoms with Crippen molar-refractivity contribution in [3.8, 4) is 11.9 Å². The number of carboxylic acids is 1. The highest BCUT2D eigenvalue weighted by molar-refractivity contribution is 5.73. The van der Waals surface area contributed by atoms with Gasteiger partial charge in [0.15, 0.2) is 0 Å². The van der Waals surface area contributed by atoms with Crippen molar-refractivity contribution in [2.24, 2.45) is 0 Å². The molecule has 0 saturated carbocycles. The number of anilines is 2. The van der Waals surface area contributed by atoms with Crippen molar-refractivity contribution >= 4 is 17.5 Å². The first-order valence-corrected chi connectivity index (χ1v) is 6.75. The van der Waals surface area contributed by atoms with Crippen LogP contribution in [0.4, 0.5) is 24.7 Å². The molecule has 1 aliphatic rings. The number of nitriles is 1. The lowest BCUT2D eigenvalue weighted by atomic mass is 10.1. The maximum absolute atomic E-state index is 10.6. The minimum atomic E-state index is -5.08. The van der Waals surface area contributed by atoms with Gasteiger partial charge in [-0.25, -0.2) is 4.79 Å². The van der Waals surface area contributed by atoms with E-state index >= 15 is 0 Å². The van der Waals surface area contributed by atoms with Gasteiger partial charge in [-0.05, 0) is 0 Å². The third kappa shape index (κ3) is 5.25. The fraction of sp³-hybridized carbons (Fsp3) is 0.357. The molecule has 11 heteroatoms. The number of carboxylic acid groups (broad SMARTS) is 1. The van der Waals surface area contributed by atoms with Crippen LogP contribution >= 0.6 is 0 Å². The lowest BCUT2D eigenvalue weighted by Crippen LogP contribution is -2.21. The number of hydrogen-bond donors (Lipinski definition) is 3. The van der Waals surface area contributed by atoms with Crippen molar-refractivity contribution < 1.29 is 32.5 Å². The molecule has 1 atom stereocenters. The molecular weight excluding hydrogens is 345 g/mol. The summed E-state index contributed by atoms with van der Waals surface area (Å²) in [6, 6.07) is 1.95. The number of ether oxygens (including phenoxy) is 2. The van der Waals surface area contributed by atoms with Crippen LogP contribution in [0.15, 0.2) is 12.7 Å². The number of fused-ring (bicyclic) bond motifs is 1. The molecule has 25 heavy (non-hydrogen) atoms. The zero-order valence-corrected chi connectivity index (χ0v) is 12.8. The third-order valence-electron chi connectivity index (χ3n) is 2.93. The van der Waals surface area contributed by atoms with Crippen molar-refractivity contribution in [3.05, 3.63) is 23.8 Å². The van der Waals surface area contributed by atoms with E-state index in [1.165, 1.54) is 0 Å². The van der Waals surface area contributed by atoms with Gasteiger partial charge in [-0.15, -0.1) is 6.58 Å². The van der Waals surface area contributed by atoms with Crippen LogP contribution in [0.5, 0.6) is 5.88 Å². The topological polar surface area (TPSA) is 144 Å². The van der Waals surface area contributed by atoms with E-state index in [2.05, 4.69) is 11.6 Å². The maximum Gasteiger partial charge on any atom is 0.490 e. The van der Waals surface area contributed by atoms with Gasteiger partial charge in [-0.3, -0.25) is 0 Å². The highest BCUT2D eigenvalue weighted by Gasteiger charge is 2.38. The third-order valence-corrected chi connectivity index (χ3v) is 2.93. The van der Waals surface area contributed by atoms with E-state index in [0.717, 1.165) is 5.56 Å². The number of nitrogens with zero attached hydrogens (tertiary/aromatic N) is 2. The number of alkyl halides is 3. The van der Waals surface area contributed by atoms with Crippen molar-refractivity contribution in [1.82, 2.24) is 4.98 Å². The molecule has 2 rings (SSSR count). The van der Waals surface area contributed by atoms with E-state index < -0.39 is 12.1 Å². The number of nitrogen functional groups attached to an aromatic ring is 2. The Balaban J connectivity index is 0.000000381. The monoisotopic (exact) mass is 360 g/mol. The van der Waals surface area contributed by atoms with Crippen molar-refractivity contribution in [2.45, 2.75) is 18.7 Å². The Kier molecular flexibility index (Phi) is 6.58. The Bertz CT molecular complexity index is 701. The van der Waals surface area contributed by atoms with Gasteiger partial charge in [-0.1, -0.05) is 6.08 Å². The number of aliphatic carboxylic acids is 1. The minimum absolute atomic E-state index is 0.0985. The van der Waals surface area contributed by atoms with Gasteiger partial charge in [0.05, 0.1) is 18.9 Å². The summed E-state index contributed by atoms with van der Waals surface area (Å²) >= 11 is 0. The zero-order chi connectivity index (χ0) is 19.2. The number of halogens is 3. The lowest BCUT2D eigenvalue weighted by Gasteiger charge is -2.09. The smallest absolute Gasteiger partial charge is 0.475 e. The van der Waals surface area contributed by atoms with Crippen LogP contribution in [0.1, 0.15) is 11.1 Å². The van der Waals surface area contributed by atoms with Crippen molar-refractivity contribution in [1.29, 1.82) is 5.26 Å². The van der Waals surface area contributed by atoms with Crippen molar-refractivity contribution in [2.75, 3.05) is 24.7 Å². The molecule has 0 aliphatic carbocycles. The predicted molar refractivity (Wildman–Crippen MR) is 80.6 cm³/mol. The summed E-state index contributed by atoms with van der Waals surface area (Å²) in [6.07, 6.45) is -3.00. The molecule has 1 aromatic heterocycles. The summed E-state index contributed by atoms with van der Waals surface area (Å²) in [4.78, 5) is 12.9. The quantitative estimate of drug-likeness (QED) is 0.537. The van der Waals surface area contributed by atoms with Crippen LogP contribution in [0.2, 0.25) is 0 Å². The van der Waals surface area contributed by atoms with E-state index in [1.54, 1.807) is 6.08 Å². The van der Waals surface area contributed by atoms with Gasteiger partial charge >= 0.3 is 12.1 Å². The molecule has 0 saturated heterocycles. The molecule has 8 nitrogen and oxygen atoms in total. The predicted octanol–water partition coefficient (Wildman–Crippen LogP) is 1.26. The summed E-state index contributed by atoms with van der Waals surface area (Å²) in [5.74, 6) is -2.26. The van der Waals surface area contributed by atoms with E-state index in [-0.39, 0.29) is 17.5 Å². The summed E-state index contributed by atoms with van der Waals surface area (Å²) in [5.41, 5.74) is 12.8. The maximum atomic E-state index is 10.6. The highest BCUT2D eigenvalue weighted by Crippen LogP contribution is 2.35. The van der Waals surface area contributed by atoms with Crippen LogP contribution in [0.3, 0.4) is 0 Å². The first kappa shape index (κ1) is 20.0. The average molecular weight is 360 g/mol. The van der Waals surface area contributed by atoms with E-state index in [9.17, 15) is 13.2 Å². The molecule has 1 aromatic rings. The Morgan fingerprint density at radius 1 is 1.56 bits per heavy atom. The van der Waals surface area contributed by atoms with Gasteiger partial charge in [0.2, 0.25) is 5.88 Å². The molecule has 2 heterocycles. The second-order valence-corrected chi connectivity index (χ2v) is 4.75. The molecule has 0 bridgehead atoms. The first-order valence-electron chi connectivity index (χ1n) is 6.75. The number of rotatable bonds is 4. The van der Waals surface area contributed by atoms with Gasteiger partial charge in [-0.2, -0.15) is 23.4 Å². The van der Waals surface area contributed by atoms with Crippen LogP contribution in [0.25, 0.3) is 0 Å². The second kappa shape index (κ2) is 8.20. The van der Waals surface area contributed by atoms with Gasteiger partial charge < -0.3 is 26.0 Å². The Hall–Kier alpha value is -3.00. The summed E-state index contributed by atoms with van der Waals surface area (Å²) in [5, 5.41) is 16.1. The summed E-state index contributed by atoms with van der Waals surface area (Å²) in [6.45, 7) is 4.45. The molecule has 1 aliphatic heterocycles. The number of aromatic nitrogens is 1. The lowest BCUT2D eigenvalue weighted by molar-refractivity contribution is -0.192.